The average molecular weight is 331 g/mol. The van der Waals surface area contributed by atoms with E-state index in [1.54, 1.807) is 18.9 Å². The normalized spacial score (nSPS) is 11.4. The summed E-state index contributed by atoms with van der Waals surface area (Å²) in [5.74, 6) is 1.61. The van der Waals surface area contributed by atoms with E-state index in [9.17, 15) is 4.79 Å². The van der Waals surface area contributed by atoms with E-state index < -0.39 is 0 Å². The molecule has 0 bridgehead atoms. The van der Waals surface area contributed by atoms with Crippen LogP contribution in [0.15, 0.2) is 22.7 Å². The predicted molar refractivity (Wildman–Crippen MR) is 81.6 cm³/mol. The van der Waals surface area contributed by atoms with Gasteiger partial charge in [0, 0.05) is 11.2 Å². The number of carbonyl (C=O) groups is 1. The summed E-state index contributed by atoms with van der Waals surface area (Å²) in [4.78, 5) is 11.9. The van der Waals surface area contributed by atoms with E-state index in [4.69, 9.17) is 4.74 Å². The van der Waals surface area contributed by atoms with Crippen molar-refractivity contribution in [2.24, 2.45) is 0 Å². The molecule has 0 aliphatic carbocycles. The van der Waals surface area contributed by atoms with Crippen molar-refractivity contribution in [1.29, 1.82) is 0 Å². The lowest BCUT2D eigenvalue weighted by molar-refractivity contribution is -0.116. The number of rotatable bonds is 5. The molecule has 0 heterocycles. The number of methoxy groups -OCH3 is 1. The van der Waals surface area contributed by atoms with E-state index in [-0.39, 0.29) is 10.5 Å². The van der Waals surface area contributed by atoms with Crippen molar-refractivity contribution in [2.45, 2.75) is 31.9 Å². The van der Waals surface area contributed by atoms with Gasteiger partial charge in [-0.1, -0.05) is 26.8 Å². The maximum atomic E-state index is 11.9. The van der Waals surface area contributed by atoms with Gasteiger partial charge in [-0.25, -0.2) is 0 Å². The molecule has 0 aliphatic heterocycles. The molecule has 0 aromatic heterocycles. The molecule has 100 valence electrons. The molecule has 0 atom stereocenters. The standard InChI is InChI=1S/C14H19BrO2S/c1-14(2,3)18-9-11(16)7-10-5-6-13(17-4)12(15)8-10/h5-6,8H,7,9H2,1-4H3. The molecule has 0 unspecified atom stereocenters. The second-order valence-electron chi connectivity index (χ2n) is 5.09. The molecule has 0 aliphatic rings. The number of hydrogen-bond acceptors (Lipinski definition) is 3. The molecule has 0 saturated heterocycles. The summed E-state index contributed by atoms with van der Waals surface area (Å²) in [7, 11) is 1.63. The van der Waals surface area contributed by atoms with E-state index in [1.807, 2.05) is 18.2 Å². The van der Waals surface area contributed by atoms with Crippen LogP contribution in [0.2, 0.25) is 0 Å². The first-order valence-electron chi connectivity index (χ1n) is 5.80. The van der Waals surface area contributed by atoms with Crippen molar-refractivity contribution < 1.29 is 9.53 Å². The molecule has 0 spiro atoms. The second-order valence-corrected chi connectivity index (χ2v) is 7.74. The summed E-state index contributed by atoms with van der Waals surface area (Å²) in [6, 6.07) is 5.76. The lowest BCUT2D eigenvalue weighted by Crippen LogP contribution is -2.14. The van der Waals surface area contributed by atoms with E-state index >= 15 is 0 Å². The van der Waals surface area contributed by atoms with Crippen molar-refractivity contribution in [1.82, 2.24) is 0 Å². The summed E-state index contributed by atoms with van der Waals surface area (Å²) in [6.45, 7) is 6.36. The van der Waals surface area contributed by atoms with Gasteiger partial charge in [-0.05, 0) is 33.6 Å². The molecule has 0 amide bonds. The second kappa shape index (κ2) is 6.62. The SMILES string of the molecule is COc1ccc(CC(=O)CSC(C)(C)C)cc1Br. The van der Waals surface area contributed by atoms with E-state index in [2.05, 4.69) is 36.7 Å². The van der Waals surface area contributed by atoms with Crippen molar-refractivity contribution in [3.05, 3.63) is 28.2 Å². The minimum absolute atomic E-state index is 0.135. The van der Waals surface area contributed by atoms with Crippen LogP contribution in [0.5, 0.6) is 5.75 Å². The summed E-state index contributed by atoms with van der Waals surface area (Å²) < 4.78 is 6.18. The zero-order valence-corrected chi connectivity index (χ0v) is 13.7. The lowest BCUT2D eigenvalue weighted by Gasteiger charge is -2.16. The molecule has 4 heteroatoms. The van der Waals surface area contributed by atoms with Gasteiger partial charge >= 0.3 is 0 Å². The van der Waals surface area contributed by atoms with E-state index in [1.165, 1.54) is 0 Å². The first-order chi connectivity index (χ1) is 8.31. The Morgan fingerprint density at radius 1 is 1.39 bits per heavy atom. The number of thioether (sulfide) groups is 1. The van der Waals surface area contributed by atoms with Crippen LogP contribution in [-0.2, 0) is 11.2 Å². The molecular formula is C14H19BrO2S. The Hall–Kier alpha value is -0.480. The minimum Gasteiger partial charge on any atom is -0.496 e. The Morgan fingerprint density at radius 2 is 2.06 bits per heavy atom. The highest BCUT2D eigenvalue weighted by molar-refractivity contribution is 9.10. The van der Waals surface area contributed by atoms with Gasteiger partial charge in [0.25, 0.3) is 0 Å². The highest BCUT2D eigenvalue weighted by atomic mass is 79.9. The molecular weight excluding hydrogens is 312 g/mol. The van der Waals surface area contributed by atoms with Crippen LogP contribution in [0.1, 0.15) is 26.3 Å². The topological polar surface area (TPSA) is 26.3 Å². The first kappa shape index (κ1) is 15.6. The van der Waals surface area contributed by atoms with Crippen LogP contribution in [0, 0.1) is 0 Å². The Kier molecular flexibility index (Phi) is 5.73. The van der Waals surface area contributed by atoms with Gasteiger partial charge in [0.15, 0.2) is 0 Å². The number of ketones is 1. The predicted octanol–water partition coefficient (Wildman–Crippen LogP) is 4.10. The van der Waals surface area contributed by atoms with Crippen LogP contribution in [-0.4, -0.2) is 23.4 Å². The molecule has 18 heavy (non-hydrogen) atoms. The van der Waals surface area contributed by atoms with E-state index in [0.29, 0.717) is 12.2 Å². The van der Waals surface area contributed by atoms with Gasteiger partial charge in [0.1, 0.15) is 11.5 Å². The van der Waals surface area contributed by atoms with Crippen molar-refractivity contribution >= 4 is 33.5 Å². The summed E-state index contributed by atoms with van der Waals surface area (Å²) >= 11 is 5.11. The van der Waals surface area contributed by atoms with E-state index in [0.717, 1.165) is 15.8 Å². The van der Waals surface area contributed by atoms with Crippen LogP contribution < -0.4 is 4.74 Å². The fourth-order valence-corrected chi connectivity index (χ4v) is 2.68. The van der Waals surface area contributed by atoms with Crippen molar-refractivity contribution in [2.75, 3.05) is 12.9 Å². The van der Waals surface area contributed by atoms with Gasteiger partial charge in [0.2, 0.25) is 0 Å². The largest absolute Gasteiger partial charge is 0.496 e. The third-order valence-corrected chi connectivity index (χ3v) is 4.24. The highest BCUT2D eigenvalue weighted by Crippen LogP contribution is 2.27. The summed E-state index contributed by atoms with van der Waals surface area (Å²) in [5.41, 5.74) is 1.02. The zero-order chi connectivity index (χ0) is 13.8. The fraction of sp³-hybridized carbons (Fsp3) is 0.500. The molecule has 0 radical (unpaired) electrons. The van der Waals surface area contributed by atoms with Crippen LogP contribution in [0.4, 0.5) is 0 Å². The zero-order valence-electron chi connectivity index (χ0n) is 11.2. The lowest BCUT2D eigenvalue weighted by atomic mass is 10.1. The molecule has 0 saturated carbocycles. The van der Waals surface area contributed by atoms with Crippen molar-refractivity contribution in [3.8, 4) is 5.75 Å². The fourth-order valence-electron chi connectivity index (χ4n) is 1.40. The Labute approximate surface area is 122 Å². The van der Waals surface area contributed by atoms with Crippen LogP contribution >= 0.6 is 27.7 Å². The highest BCUT2D eigenvalue weighted by Gasteiger charge is 2.14. The summed E-state index contributed by atoms with van der Waals surface area (Å²) in [5, 5.41) is 0. The molecule has 1 aromatic carbocycles. The monoisotopic (exact) mass is 330 g/mol. The smallest absolute Gasteiger partial charge is 0.147 e. The quantitative estimate of drug-likeness (QED) is 0.812. The average Bonchev–Trinajstić information content (AvgIpc) is 2.26. The molecule has 1 rings (SSSR count). The number of hydrogen-bond donors (Lipinski definition) is 0. The third kappa shape index (κ3) is 5.44. The van der Waals surface area contributed by atoms with Gasteiger partial charge < -0.3 is 4.74 Å². The molecule has 0 N–H and O–H groups in total. The molecule has 1 aromatic rings. The number of ether oxygens (including phenoxy) is 1. The Bertz CT molecular complexity index is 424. The molecule has 2 nitrogen and oxygen atoms in total. The molecule has 0 fully saturated rings. The maximum Gasteiger partial charge on any atom is 0.147 e. The first-order valence-corrected chi connectivity index (χ1v) is 7.58. The van der Waals surface area contributed by atoms with Gasteiger partial charge in [-0.15, -0.1) is 11.8 Å². The Morgan fingerprint density at radius 3 is 2.56 bits per heavy atom. The Balaban J connectivity index is 2.57. The van der Waals surface area contributed by atoms with Gasteiger partial charge in [-0.3, -0.25) is 4.79 Å². The van der Waals surface area contributed by atoms with Crippen molar-refractivity contribution in [3.63, 3.8) is 0 Å². The van der Waals surface area contributed by atoms with Gasteiger partial charge in [-0.2, -0.15) is 0 Å². The number of halogens is 1. The number of benzene rings is 1. The minimum atomic E-state index is 0.135. The van der Waals surface area contributed by atoms with Crippen LogP contribution in [0.3, 0.4) is 0 Å². The van der Waals surface area contributed by atoms with Gasteiger partial charge in [0.05, 0.1) is 17.3 Å². The third-order valence-electron chi connectivity index (χ3n) is 2.28. The van der Waals surface area contributed by atoms with Crippen LogP contribution in [0.25, 0.3) is 0 Å². The summed E-state index contributed by atoms with van der Waals surface area (Å²) in [6.07, 6.45) is 0.478. The number of carbonyl (C=O) groups excluding carboxylic acids is 1. The maximum absolute atomic E-state index is 11.9. The number of Topliss-reactive ketones (excluding diaryl/α,β-unsaturated/α-hetero) is 1.